The summed E-state index contributed by atoms with van der Waals surface area (Å²) in [7, 11) is 1.70. The molecule has 7 nitrogen and oxygen atoms in total. The largest absolute Gasteiger partial charge is 0.357 e. The molecule has 5 rings (SSSR count). The molecular formula is C27H23Cl2FN6O. The van der Waals surface area contributed by atoms with E-state index in [1.54, 1.807) is 49.5 Å². The third-order valence-electron chi connectivity index (χ3n) is 6.12. The molecule has 0 saturated carbocycles. The average molecular weight is 537 g/mol. The number of aromatic nitrogens is 3. The Bertz CT molecular complexity index is 1480. The number of halogens is 3. The Balaban J connectivity index is 1.41. The number of nitrogens with one attached hydrogen (secondary N) is 2. The number of benzene rings is 3. The molecule has 1 aromatic heterocycles. The highest BCUT2D eigenvalue weighted by Crippen LogP contribution is 2.34. The van der Waals surface area contributed by atoms with Crippen molar-refractivity contribution >= 4 is 46.7 Å². The molecule has 2 heterocycles. The Morgan fingerprint density at radius 1 is 1.05 bits per heavy atom. The first kappa shape index (κ1) is 24.9. The summed E-state index contributed by atoms with van der Waals surface area (Å²) in [5.74, 6) is 0.388. The topological polar surface area (TPSA) is 83.0 Å². The van der Waals surface area contributed by atoms with Gasteiger partial charge < -0.3 is 15.5 Å². The lowest BCUT2D eigenvalue weighted by Gasteiger charge is -2.30. The zero-order valence-corrected chi connectivity index (χ0v) is 21.4. The van der Waals surface area contributed by atoms with Crippen LogP contribution in [0.1, 0.15) is 27.9 Å². The number of anilines is 3. The zero-order valence-electron chi connectivity index (χ0n) is 19.9. The van der Waals surface area contributed by atoms with Crippen LogP contribution in [-0.2, 0) is 13.0 Å². The van der Waals surface area contributed by atoms with Crippen LogP contribution in [0.3, 0.4) is 0 Å². The summed E-state index contributed by atoms with van der Waals surface area (Å²) in [4.78, 5) is 28.3. The van der Waals surface area contributed by atoms with E-state index in [0.717, 1.165) is 29.7 Å². The van der Waals surface area contributed by atoms with Crippen molar-refractivity contribution in [3.05, 3.63) is 93.2 Å². The number of amides is 1. The molecule has 0 atom stereocenters. The van der Waals surface area contributed by atoms with E-state index in [-0.39, 0.29) is 18.3 Å². The fourth-order valence-electron chi connectivity index (χ4n) is 4.25. The van der Waals surface area contributed by atoms with Gasteiger partial charge in [0.2, 0.25) is 11.9 Å². The lowest BCUT2D eigenvalue weighted by atomic mass is 9.99. The lowest BCUT2D eigenvalue weighted by Crippen LogP contribution is -2.28. The van der Waals surface area contributed by atoms with Crippen molar-refractivity contribution in [1.82, 2.24) is 20.3 Å². The molecule has 10 heteroatoms. The predicted molar refractivity (Wildman–Crippen MR) is 144 cm³/mol. The SMILES string of the molecule is CNc1nc(-c2ccccc2F)nc(N2CCCc3cc(C(=O)NCc4ccc(Cl)cc4Cl)ccc32)n1. The first-order valence-electron chi connectivity index (χ1n) is 11.7. The van der Waals surface area contributed by atoms with Crippen LogP contribution in [0.2, 0.25) is 10.0 Å². The monoisotopic (exact) mass is 536 g/mol. The fraction of sp³-hybridized carbons (Fsp3) is 0.185. The predicted octanol–water partition coefficient (Wildman–Crippen LogP) is 6.04. The van der Waals surface area contributed by atoms with Crippen molar-refractivity contribution in [1.29, 1.82) is 0 Å². The van der Waals surface area contributed by atoms with Crippen LogP contribution in [-0.4, -0.2) is 34.5 Å². The summed E-state index contributed by atoms with van der Waals surface area (Å²) in [5, 5.41) is 6.90. The Hall–Kier alpha value is -3.75. The second-order valence-electron chi connectivity index (χ2n) is 8.53. The molecule has 1 aliphatic rings. The highest BCUT2D eigenvalue weighted by atomic mass is 35.5. The molecular weight excluding hydrogens is 514 g/mol. The molecule has 0 bridgehead atoms. The number of hydrogen-bond acceptors (Lipinski definition) is 6. The van der Waals surface area contributed by atoms with E-state index in [1.165, 1.54) is 6.07 Å². The summed E-state index contributed by atoms with van der Waals surface area (Å²) in [6, 6.07) is 17.1. The summed E-state index contributed by atoms with van der Waals surface area (Å²) < 4.78 is 14.5. The van der Waals surface area contributed by atoms with Gasteiger partial charge in [-0.1, -0.05) is 41.4 Å². The van der Waals surface area contributed by atoms with Crippen molar-refractivity contribution < 1.29 is 9.18 Å². The van der Waals surface area contributed by atoms with Crippen LogP contribution >= 0.6 is 23.2 Å². The molecule has 0 aliphatic carbocycles. The molecule has 0 radical (unpaired) electrons. The molecule has 0 saturated heterocycles. The number of carbonyl (C=O) groups is 1. The maximum absolute atomic E-state index is 14.5. The molecule has 0 unspecified atom stereocenters. The van der Waals surface area contributed by atoms with E-state index in [9.17, 15) is 9.18 Å². The van der Waals surface area contributed by atoms with Gasteiger partial charge in [0, 0.05) is 41.4 Å². The maximum Gasteiger partial charge on any atom is 0.251 e. The van der Waals surface area contributed by atoms with E-state index in [1.807, 2.05) is 17.0 Å². The average Bonchev–Trinajstić information content (AvgIpc) is 2.91. The van der Waals surface area contributed by atoms with Crippen LogP contribution in [0.5, 0.6) is 0 Å². The fourth-order valence-corrected chi connectivity index (χ4v) is 4.72. The molecule has 0 spiro atoms. The quantitative estimate of drug-likeness (QED) is 0.312. The minimum Gasteiger partial charge on any atom is -0.357 e. The zero-order chi connectivity index (χ0) is 25.9. The Morgan fingerprint density at radius 3 is 2.68 bits per heavy atom. The second-order valence-corrected chi connectivity index (χ2v) is 9.37. The molecule has 3 aromatic carbocycles. The number of rotatable bonds is 6. The van der Waals surface area contributed by atoms with Crippen LogP contribution in [0, 0.1) is 5.82 Å². The van der Waals surface area contributed by atoms with Crippen LogP contribution < -0.4 is 15.5 Å². The van der Waals surface area contributed by atoms with Gasteiger partial charge in [0.15, 0.2) is 5.82 Å². The molecule has 37 heavy (non-hydrogen) atoms. The smallest absolute Gasteiger partial charge is 0.251 e. The van der Waals surface area contributed by atoms with E-state index in [0.29, 0.717) is 39.6 Å². The summed E-state index contributed by atoms with van der Waals surface area (Å²) in [6.45, 7) is 0.964. The molecule has 1 amide bonds. The van der Waals surface area contributed by atoms with E-state index >= 15 is 0 Å². The Morgan fingerprint density at radius 2 is 1.89 bits per heavy atom. The van der Waals surface area contributed by atoms with E-state index < -0.39 is 5.82 Å². The summed E-state index contributed by atoms with van der Waals surface area (Å²) in [5.41, 5.74) is 3.53. The van der Waals surface area contributed by atoms with Crippen LogP contribution in [0.25, 0.3) is 11.4 Å². The van der Waals surface area contributed by atoms with Gasteiger partial charge in [0.05, 0.1) is 5.56 Å². The lowest BCUT2D eigenvalue weighted by molar-refractivity contribution is 0.0951. The second kappa shape index (κ2) is 10.7. The molecule has 0 fully saturated rings. The molecule has 188 valence electrons. The van der Waals surface area contributed by atoms with Gasteiger partial charge in [-0.2, -0.15) is 15.0 Å². The van der Waals surface area contributed by atoms with Gasteiger partial charge in [0.25, 0.3) is 5.91 Å². The van der Waals surface area contributed by atoms with Crippen LogP contribution in [0.4, 0.5) is 22.0 Å². The van der Waals surface area contributed by atoms with Gasteiger partial charge >= 0.3 is 0 Å². The van der Waals surface area contributed by atoms with Gasteiger partial charge in [-0.3, -0.25) is 4.79 Å². The van der Waals surface area contributed by atoms with Crippen molar-refractivity contribution in [2.75, 3.05) is 23.8 Å². The normalized spacial score (nSPS) is 12.7. The Kier molecular flexibility index (Phi) is 7.21. The first-order valence-corrected chi connectivity index (χ1v) is 12.5. The summed E-state index contributed by atoms with van der Waals surface area (Å²) >= 11 is 12.2. The molecule has 4 aromatic rings. The van der Waals surface area contributed by atoms with E-state index in [4.69, 9.17) is 23.2 Å². The first-order chi connectivity index (χ1) is 17.9. The minimum absolute atomic E-state index is 0.203. The Labute approximate surface area is 223 Å². The standard InChI is InChI=1S/C27H23Cl2FN6O/c1-31-26-33-24(20-6-2-3-7-22(20)30)34-27(35-26)36-12-4-5-16-13-17(9-11-23(16)36)25(37)32-15-18-8-10-19(28)14-21(18)29/h2-3,6-11,13-14H,4-5,12,15H2,1H3,(H,32,37)(H,31,33,34,35). The number of nitrogens with zero attached hydrogens (tertiary/aromatic N) is 4. The molecule has 2 N–H and O–H groups in total. The number of hydrogen-bond donors (Lipinski definition) is 2. The highest BCUT2D eigenvalue weighted by Gasteiger charge is 2.24. The van der Waals surface area contributed by atoms with Crippen molar-refractivity contribution in [3.8, 4) is 11.4 Å². The van der Waals surface area contributed by atoms with Gasteiger partial charge in [-0.15, -0.1) is 0 Å². The molecule has 1 aliphatic heterocycles. The third-order valence-corrected chi connectivity index (χ3v) is 6.71. The van der Waals surface area contributed by atoms with Crippen molar-refractivity contribution in [2.45, 2.75) is 19.4 Å². The summed E-state index contributed by atoms with van der Waals surface area (Å²) in [6.07, 6.45) is 1.65. The number of aryl methyl sites for hydroxylation is 1. The van der Waals surface area contributed by atoms with Crippen LogP contribution in [0.15, 0.2) is 60.7 Å². The van der Waals surface area contributed by atoms with Crippen molar-refractivity contribution in [3.63, 3.8) is 0 Å². The van der Waals surface area contributed by atoms with Gasteiger partial charge in [-0.25, -0.2) is 4.39 Å². The van der Waals surface area contributed by atoms with Crippen molar-refractivity contribution in [2.24, 2.45) is 0 Å². The number of fused-ring (bicyclic) bond motifs is 1. The third kappa shape index (κ3) is 5.35. The van der Waals surface area contributed by atoms with Gasteiger partial charge in [-0.05, 0) is 66.4 Å². The van der Waals surface area contributed by atoms with Gasteiger partial charge in [0.1, 0.15) is 5.82 Å². The maximum atomic E-state index is 14.5. The van der Waals surface area contributed by atoms with E-state index in [2.05, 4.69) is 25.6 Å². The highest BCUT2D eigenvalue weighted by molar-refractivity contribution is 6.35. The minimum atomic E-state index is -0.406. The number of carbonyl (C=O) groups excluding carboxylic acids is 1.